The van der Waals surface area contributed by atoms with Crippen molar-refractivity contribution in [1.29, 1.82) is 0 Å². The molecule has 4 rings (SSSR count). The Bertz CT molecular complexity index is 704. The minimum absolute atomic E-state index is 0.177. The number of hydrogen-bond acceptors (Lipinski definition) is 3. The molecule has 0 N–H and O–H groups in total. The number of likely N-dealkylation sites (tertiary alicyclic amines) is 1. The zero-order valence-electron chi connectivity index (χ0n) is 13.9. The lowest BCUT2D eigenvalue weighted by atomic mass is 9.79. The highest BCUT2D eigenvalue weighted by Crippen LogP contribution is 2.37. The van der Waals surface area contributed by atoms with Crippen molar-refractivity contribution in [3.8, 4) is 11.4 Å². The third-order valence-electron chi connectivity index (χ3n) is 5.25. The Morgan fingerprint density at radius 2 is 2.12 bits per heavy atom. The van der Waals surface area contributed by atoms with Crippen LogP contribution in [-0.2, 0) is 16.1 Å². The molecular formula is C19H23N3O2. The first-order valence-electron chi connectivity index (χ1n) is 8.68. The molecular weight excluding hydrogens is 302 g/mol. The van der Waals surface area contributed by atoms with Crippen molar-refractivity contribution >= 4 is 5.91 Å². The zero-order valence-corrected chi connectivity index (χ0v) is 13.9. The van der Waals surface area contributed by atoms with E-state index >= 15 is 0 Å². The number of amides is 1. The Hall–Kier alpha value is -2.14. The van der Waals surface area contributed by atoms with Gasteiger partial charge in [-0.3, -0.25) is 4.79 Å². The van der Waals surface area contributed by atoms with Gasteiger partial charge in [0.2, 0.25) is 5.91 Å². The zero-order chi connectivity index (χ0) is 16.4. The number of nitrogens with zero attached hydrogens (tertiary/aromatic N) is 3. The topological polar surface area (TPSA) is 47.4 Å². The molecule has 1 aromatic carbocycles. The lowest BCUT2D eigenvalue weighted by Crippen LogP contribution is -2.47. The van der Waals surface area contributed by atoms with Crippen LogP contribution in [0.4, 0.5) is 0 Å². The summed E-state index contributed by atoms with van der Waals surface area (Å²) in [4.78, 5) is 19.3. The fourth-order valence-electron chi connectivity index (χ4n) is 3.92. The molecule has 1 amide bonds. The van der Waals surface area contributed by atoms with Crippen LogP contribution in [0.5, 0.6) is 0 Å². The maximum Gasteiger partial charge on any atom is 0.242 e. The van der Waals surface area contributed by atoms with Crippen molar-refractivity contribution in [2.45, 2.75) is 25.8 Å². The Morgan fingerprint density at radius 3 is 2.92 bits per heavy atom. The summed E-state index contributed by atoms with van der Waals surface area (Å²) in [5.41, 5.74) is 1.24. The van der Waals surface area contributed by atoms with Crippen molar-refractivity contribution < 1.29 is 9.53 Å². The van der Waals surface area contributed by atoms with E-state index in [1.165, 1.54) is 6.42 Å². The minimum atomic E-state index is 0.177. The Labute approximate surface area is 142 Å². The molecule has 2 aromatic rings. The first-order valence-corrected chi connectivity index (χ1v) is 8.68. The van der Waals surface area contributed by atoms with Crippen LogP contribution in [0.1, 0.15) is 19.3 Å². The van der Waals surface area contributed by atoms with Crippen molar-refractivity contribution in [3.05, 3.63) is 42.7 Å². The number of piperidine rings is 1. The van der Waals surface area contributed by atoms with Gasteiger partial charge in [0.15, 0.2) is 0 Å². The molecule has 0 aliphatic carbocycles. The molecule has 24 heavy (non-hydrogen) atoms. The van der Waals surface area contributed by atoms with E-state index in [1.807, 2.05) is 46.0 Å². The summed E-state index contributed by atoms with van der Waals surface area (Å²) < 4.78 is 7.54. The third kappa shape index (κ3) is 2.96. The molecule has 2 aliphatic rings. The Morgan fingerprint density at radius 1 is 1.25 bits per heavy atom. The van der Waals surface area contributed by atoms with Crippen LogP contribution in [0.15, 0.2) is 42.7 Å². The van der Waals surface area contributed by atoms with E-state index in [4.69, 9.17) is 4.74 Å². The predicted molar refractivity (Wildman–Crippen MR) is 91.3 cm³/mol. The van der Waals surface area contributed by atoms with Crippen LogP contribution in [0.25, 0.3) is 11.4 Å². The highest BCUT2D eigenvalue weighted by atomic mass is 16.5. The summed E-state index contributed by atoms with van der Waals surface area (Å²) in [5.74, 6) is 1.02. The third-order valence-corrected chi connectivity index (χ3v) is 5.25. The van der Waals surface area contributed by atoms with Gasteiger partial charge in [-0.25, -0.2) is 4.98 Å². The second kappa shape index (κ2) is 6.40. The molecule has 2 saturated heterocycles. The van der Waals surface area contributed by atoms with Crippen LogP contribution in [0.2, 0.25) is 0 Å². The summed E-state index contributed by atoms with van der Waals surface area (Å²) in [6.45, 7) is 3.68. The summed E-state index contributed by atoms with van der Waals surface area (Å²) in [5, 5.41) is 0. The molecule has 3 heterocycles. The smallest absolute Gasteiger partial charge is 0.242 e. The van der Waals surface area contributed by atoms with Crippen LogP contribution in [0, 0.1) is 5.41 Å². The molecule has 0 radical (unpaired) electrons. The monoisotopic (exact) mass is 325 g/mol. The average Bonchev–Trinajstić information content (AvgIpc) is 3.26. The second-order valence-corrected chi connectivity index (χ2v) is 6.97. The van der Waals surface area contributed by atoms with E-state index in [9.17, 15) is 4.79 Å². The summed E-state index contributed by atoms with van der Waals surface area (Å²) >= 11 is 0. The first-order chi connectivity index (χ1) is 11.8. The highest BCUT2D eigenvalue weighted by molar-refractivity contribution is 5.77. The van der Waals surface area contributed by atoms with Crippen LogP contribution < -0.4 is 0 Å². The highest BCUT2D eigenvalue weighted by Gasteiger charge is 2.40. The second-order valence-electron chi connectivity index (χ2n) is 6.97. The summed E-state index contributed by atoms with van der Waals surface area (Å²) in [6, 6.07) is 10.0. The van der Waals surface area contributed by atoms with Gasteiger partial charge < -0.3 is 14.2 Å². The molecule has 0 unspecified atom stereocenters. The van der Waals surface area contributed by atoms with Crippen molar-refractivity contribution in [1.82, 2.24) is 14.5 Å². The van der Waals surface area contributed by atoms with Gasteiger partial charge in [-0.05, 0) is 19.3 Å². The lowest BCUT2D eigenvalue weighted by Gasteiger charge is -2.39. The summed E-state index contributed by atoms with van der Waals surface area (Å²) in [6.07, 6.45) is 6.98. The SMILES string of the molecule is O=C(Cn1ccnc1-c1ccccc1)N1CCC[C@@]2(CCOC2)C1. The number of aromatic nitrogens is 2. The number of ether oxygens (including phenoxy) is 1. The lowest BCUT2D eigenvalue weighted by molar-refractivity contribution is -0.135. The number of imidazole rings is 1. The van der Waals surface area contributed by atoms with Gasteiger partial charge in [0.05, 0.1) is 6.61 Å². The fraction of sp³-hybridized carbons (Fsp3) is 0.474. The van der Waals surface area contributed by atoms with Gasteiger partial charge >= 0.3 is 0 Å². The maximum absolute atomic E-state index is 12.8. The van der Waals surface area contributed by atoms with Crippen LogP contribution in [-0.4, -0.2) is 46.7 Å². The summed E-state index contributed by atoms with van der Waals surface area (Å²) in [7, 11) is 0. The predicted octanol–water partition coefficient (Wildman–Crippen LogP) is 2.58. The molecule has 2 aliphatic heterocycles. The largest absolute Gasteiger partial charge is 0.381 e. The number of carbonyl (C=O) groups excluding carboxylic acids is 1. The van der Waals surface area contributed by atoms with Crippen molar-refractivity contribution in [3.63, 3.8) is 0 Å². The van der Waals surface area contributed by atoms with E-state index in [1.54, 1.807) is 6.20 Å². The Kier molecular flexibility index (Phi) is 4.10. The average molecular weight is 325 g/mol. The molecule has 5 heteroatoms. The van der Waals surface area contributed by atoms with E-state index in [0.717, 1.165) is 50.5 Å². The van der Waals surface area contributed by atoms with E-state index in [-0.39, 0.29) is 11.3 Å². The van der Waals surface area contributed by atoms with Crippen LogP contribution in [0.3, 0.4) is 0 Å². The first kappa shape index (κ1) is 15.4. The number of hydrogen-bond donors (Lipinski definition) is 0. The van der Waals surface area contributed by atoms with Gasteiger partial charge in [-0.15, -0.1) is 0 Å². The van der Waals surface area contributed by atoms with Crippen LogP contribution >= 0.6 is 0 Å². The molecule has 1 atom stereocenters. The fourth-order valence-corrected chi connectivity index (χ4v) is 3.92. The maximum atomic E-state index is 12.8. The van der Waals surface area contributed by atoms with E-state index in [2.05, 4.69) is 4.98 Å². The van der Waals surface area contributed by atoms with Crippen molar-refractivity contribution in [2.75, 3.05) is 26.3 Å². The van der Waals surface area contributed by atoms with Gasteiger partial charge in [-0.1, -0.05) is 30.3 Å². The minimum Gasteiger partial charge on any atom is -0.381 e. The van der Waals surface area contributed by atoms with Gasteiger partial charge in [-0.2, -0.15) is 0 Å². The number of carbonyl (C=O) groups is 1. The standard InChI is InChI=1S/C19H23N3O2/c23-17(22-10-4-7-19(14-22)8-12-24-15-19)13-21-11-9-20-18(21)16-5-2-1-3-6-16/h1-3,5-6,9,11H,4,7-8,10,12-15H2/t19-/m1/s1. The molecule has 126 valence electrons. The quantitative estimate of drug-likeness (QED) is 0.871. The van der Waals surface area contributed by atoms with E-state index in [0.29, 0.717) is 6.54 Å². The molecule has 0 saturated carbocycles. The van der Waals surface area contributed by atoms with Gasteiger partial charge in [0.25, 0.3) is 0 Å². The normalized spacial score (nSPS) is 23.8. The molecule has 5 nitrogen and oxygen atoms in total. The van der Waals surface area contributed by atoms with Crippen molar-refractivity contribution in [2.24, 2.45) is 5.41 Å². The Balaban J connectivity index is 1.48. The van der Waals surface area contributed by atoms with Gasteiger partial charge in [0, 0.05) is 43.1 Å². The van der Waals surface area contributed by atoms with E-state index < -0.39 is 0 Å². The number of benzene rings is 1. The molecule has 0 bridgehead atoms. The molecule has 1 spiro atoms. The molecule has 2 fully saturated rings. The van der Waals surface area contributed by atoms with Gasteiger partial charge in [0.1, 0.15) is 12.4 Å². The number of rotatable bonds is 3. The molecule has 1 aromatic heterocycles.